The van der Waals surface area contributed by atoms with Crippen LogP contribution in [-0.4, -0.2) is 32.3 Å². The van der Waals surface area contributed by atoms with Gasteiger partial charge in [-0.15, -0.1) is 0 Å². The first-order chi connectivity index (χ1) is 10.7. The van der Waals surface area contributed by atoms with Gasteiger partial charge in [0.1, 0.15) is 6.61 Å². The first-order valence-electron chi connectivity index (χ1n) is 7.95. The van der Waals surface area contributed by atoms with Crippen molar-refractivity contribution < 1.29 is 19.0 Å². The van der Waals surface area contributed by atoms with Crippen molar-refractivity contribution in [2.75, 3.05) is 25.6 Å². The molecular formula is C17H25NO4. The van der Waals surface area contributed by atoms with Crippen molar-refractivity contribution in [3.8, 4) is 11.5 Å². The Balaban J connectivity index is 1.96. The number of benzene rings is 1. The van der Waals surface area contributed by atoms with Crippen molar-refractivity contribution in [3.05, 3.63) is 18.2 Å². The van der Waals surface area contributed by atoms with E-state index in [-0.39, 0.29) is 12.0 Å². The Morgan fingerprint density at radius 2 is 2.27 bits per heavy atom. The van der Waals surface area contributed by atoms with Gasteiger partial charge in [0, 0.05) is 24.8 Å². The minimum absolute atomic E-state index is 0.0251. The van der Waals surface area contributed by atoms with E-state index >= 15 is 0 Å². The highest BCUT2D eigenvalue weighted by atomic mass is 16.5. The van der Waals surface area contributed by atoms with Crippen LogP contribution in [0.2, 0.25) is 0 Å². The SMILES string of the molecule is CCCCC(=O)Nc1ccc(OC)c(OC[C@H]2CCCO2)c1. The highest BCUT2D eigenvalue weighted by molar-refractivity contribution is 5.91. The Morgan fingerprint density at radius 1 is 1.41 bits per heavy atom. The predicted molar refractivity (Wildman–Crippen MR) is 85.6 cm³/mol. The van der Waals surface area contributed by atoms with Crippen molar-refractivity contribution in [1.82, 2.24) is 0 Å². The number of rotatable bonds is 8. The quantitative estimate of drug-likeness (QED) is 0.800. The summed E-state index contributed by atoms with van der Waals surface area (Å²) >= 11 is 0. The lowest BCUT2D eigenvalue weighted by Crippen LogP contribution is -2.17. The number of ether oxygens (including phenoxy) is 3. The van der Waals surface area contributed by atoms with Gasteiger partial charge in [0.05, 0.1) is 13.2 Å². The van der Waals surface area contributed by atoms with Crippen LogP contribution in [0.1, 0.15) is 39.0 Å². The summed E-state index contributed by atoms with van der Waals surface area (Å²) in [4.78, 5) is 11.8. The van der Waals surface area contributed by atoms with Gasteiger partial charge in [0.15, 0.2) is 11.5 Å². The zero-order valence-corrected chi connectivity index (χ0v) is 13.4. The maximum Gasteiger partial charge on any atom is 0.224 e. The van der Waals surface area contributed by atoms with Crippen LogP contribution in [0.25, 0.3) is 0 Å². The van der Waals surface area contributed by atoms with Crippen molar-refractivity contribution >= 4 is 11.6 Å². The van der Waals surface area contributed by atoms with Crippen LogP contribution in [0.4, 0.5) is 5.69 Å². The molecule has 0 saturated carbocycles. The maximum atomic E-state index is 11.8. The van der Waals surface area contributed by atoms with Crippen molar-refractivity contribution in [2.45, 2.75) is 45.1 Å². The third-order valence-corrected chi connectivity index (χ3v) is 3.65. The molecule has 1 aromatic rings. The molecule has 0 unspecified atom stereocenters. The van der Waals surface area contributed by atoms with Gasteiger partial charge in [-0.3, -0.25) is 4.79 Å². The minimum atomic E-state index is 0.0251. The molecule has 0 aliphatic carbocycles. The summed E-state index contributed by atoms with van der Waals surface area (Å²) < 4.78 is 16.7. The third-order valence-electron chi connectivity index (χ3n) is 3.65. The molecule has 1 atom stereocenters. The maximum absolute atomic E-state index is 11.8. The fourth-order valence-electron chi connectivity index (χ4n) is 2.39. The number of carbonyl (C=O) groups excluding carboxylic acids is 1. The molecule has 1 aliphatic rings. The molecule has 0 radical (unpaired) electrons. The summed E-state index contributed by atoms with van der Waals surface area (Å²) in [5.74, 6) is 1.31. The van der Waals surface area contributed by atoms with E-state index in [9.17, 15) is 4.79 Å². The lowest BCUT2D eigenvalue weighted by molar-refractivity contribution is -0.116. The number of amides is 1. The van der Waals surface area contributed by atoms with Crippen LogP contribution in [0.5, 0.6) is 11.5 Å². The molecule has 2 rings (SSSR count). The molecule has 0 aromatic heterocycles. The Labute approximate surface area is 131 Å². The van der Waals surface area contributed by atoms with Crippen molar-refractivity contribution in [3.63, 3.8) is 0 Å². The zero-order valence-electron chi connectivity index (χ0n) is 13.4. The number of hydrogen-bond donors (Lipinski definition) is 1. The first-order valence-corrected chi connectivity index (χ1v) is 7.95. The van der Waals surface area contributed by atoms with Crippen LogP contribution in [0, 0.1) is 0 Å². The van der Waals surface area contributed by atoms with Gasteiger partial charge < -0.3 is 19.5 Å². The van der Waals surface area contributed by atoms with Gasteiger partial charge in [-0.2, -0.15) is 0 Å². The van der Waals surface area contributed by atoms with E-state index < -0.39 is 0 Å². The smallest absolute Gasteiger partial charge is 0.224 e. The molecule has 1 aromatic carbocycles. The number of nitrogens with one attached hydrogen (secondary N) is 1. The molecule has 1 heterocycles. The molecule has 1 aliphatic heterocycles. The normalized spacial score (nSPS) is 17.3. The highest BCUT2D eigenvalue weighted by Gasteiger charge is 2.17. The van der Waals surface area contributed by atoms with Crippen LogP contribution in [0.3, 0.4) is 0 Å². The second-order valence-corrected chi connectivity index (χ2v) is 5.46. The summed E-state index contributed by atoms with van der Waals surface area (Å²) in [6.45, 7) is 3.37. The summed E-state index contributed by atoms with van der Waals surface area (Å²) in [6, 6.07) is 5.43. The number of methoxy groups -OCH3 is 1. The fourth-order valence-corrected chi connectivity index (χ4v) is 2.39. The molecular weight excluding hydrogens is 282 g/mol. The second-order valence-electron chi connectivity index (χ2n) is 5.46. The molecule has 1 saturated heterocycles. The van der Waals surface area contributed by atoms with E-state index in [0.717, 1.165) is 38.0 Å². The minimum Gasteiger partial charge on any atom is -0.493 e. The molecule has 1 fully saturated rings. The molecule has 5 heteroatoms. The predicted octanol–water partition coefficient (Wildman–Crippen LogP) is 3.38. The number of hydrogen-bond acceptors (Lipinski definition) is 4. The van der Waals surface area contributed by atoms with E-state index in [4.69, 9.17) is 14.2 Å². The lowest BCUT2D eigenvalue weighted by Gasteiger charge is -2.15. The van der Waals surface area contributed by atoms with Crippen LogP contribution in [-0.2, 0) is 9.53 Å². The average Bonchev–Trinajstić information content (AvgIpc) is 3.04. The molecule has 0 spiro atoms. The van der Waals surface area contributed by atoms with Gasteiger partial charge >= 0.3 is 0 Å². The molecule has 0 bridgehead atoms. The van der Waals surface area contributed by atoms with Gasteiger partial charge in [-0.25, -0.2) is 0 Å². The zero-order chi connectivity index (χ0) is 15.8. The summed E-state index contributed by atoms with van der Waals surface area (Å²) in [7, 11) is 1.60. The fraction of sp³-hybridized carbons (Fsp3) is 0.588. The molecule has 1 N–H and O–H groups in total. The largest absolute Gasteiger partial charge is 0.493 e. The highest BCUT2D eigenvalue weighted by Crippen LogP contribution is 2.31. The van der Waals surface area contributed by atoms with Gasteiger partial charge in [-0.1, -0.05) is 13.3 Å². The van der Waals surface area contributed by atoms with E-state index in [2.05, 4.69) is 12.2 Å². The monoisotopic (exact) mass is 307 g/mol. The van der Waals surface area contributed by atoms with Crippen LogP contribution < -0.4 is 14.8 Å². The van der Waals surface area contributed by atoms with Crippen LogP contribution >= 0.6 is 0 Å². The van der Waals surface area contributed by atoms with E-state index in [0.29, 0.717) is 24.5 Å². The summed E-state index contributed by atoms with van der Waals surface area (Å²) in [5, 5.41) is 2.89. The molecule has 22 heavy (non-hydrogen) atoms. The van der Waals surface area contributed by atoms with E-state index in [1.54, 1.807) is 19.2 Å². The van der Waals surface area contributed by atoms with Gasteiger partial charge in [-0.05, 0) is 31.4 Å². The summed E-state index contributed by atoms with van der Waals surface area (Å²) in [5.41, 5.74) is 0.726. The lowest BCUT2D eigenvalue weighted by atomic mass is 10.2. The topological polar surface area (TPSA) is 56.8 Å². The Morgan fingerprint density at radius 3 is 2.95 bits per heavy atom. The van der Waals surface area contributed by atoms with E-state index in [1.165, 1.54) is 0 Å². The third kappa shape index (κ3) is 4.91. The van der Waals surface area contributed by atoms with Gasteiger partial charge in [0.25, 0.3) is 0 Å². The Hall–Kier alpha value is -1.75. The first kappa shape index (κ1) is 16.6. The number of carbonyl (C=O) groups is 1. The second kappa shape index (κ2) is 8.63. The van der Waals surface area contributed by atoms with Crippen LogP contribution in [0.15, 0.2) is 18.2 Å². The van der Waals surface area contributed by atoms with Gasteiger partial charge in [0.2, 0.25) is 5.91 Å². The number of anilines is 1. The average molecular weight is 307 g/mol. The number of unbranched alkanes of at least 4 members (excludes halogenated alkanes) is 1. The van der Waals surface area contributed by atoms with Crippen molar-refractivity contribution in [1.29, 1.82) is 0 Å². The van der Waals surface area contributed by atoms with Crippen molar-refractivity contribution in [2.24, 2.45) is 0 Å². The Kier molecular flexibility index (Phi) is 6.52. The molecule has 5 nitrogen and oxygen atoms in total. The summed E-state index contributed by atoms with van der Waals surface area (Å²) in [6.07, 6.45) is 4.69. The Bertz CT molecular complexity index is 484. The molecule has 122 valence electrons. The van der Waals surface area contributed by atoms with E-state index in [1.807, 2.05) is 6.07 Å². The standard InChI is InChI=1S/C17H25NO4/c1-3-4-7-17(19)18-13-8-9-15(20-2)16(11-13)22-12-14-6-5-10-21-14/h8-9,11,14H,3-7,10,12H2,1-2H3,(H,18,19)/t14-/m1/s1. The molecule has 1 amide bonds.